The van der Waals surface area contributed by atoms with E-state index in [2.05, 4.69) is 15.4 Å². The van der Waals surface area contributed by atoms with Crippen molar-refractivity contribution >= 4 is 23.2 Å². The first-order chi connectivity index (χ1) is 15.0. The lowest BCUT2D eigenvalue weighted by Crippen LogP contribution is -2.27. The number of ether oxygens (including phenoxy) is 1. The molecule has 3 aromatic rings. The number of hydrogen-bond acceptors (Lipinski definition) is 5. The Morgan fingerprint density at radius 1 is 1.23 bits per heavy atom. The number of imidazole rings is 1. The summed E-state index contributed by atoms with van der Waals surface area (Å²) in [6.07, 6.45) is 5.41. The van der Waals surface area contributed by atoms with E-state index in [9.17, 15) is 9.59 Å². The molecule has 0 radical (unpaired) electrons. The smallest absolute Gasteiger partial charge is 0.229 e. The van der Waals surface area contributed by atoms with Gasteiger partial charge in [0.05, 0.1) is 43.0 Å². The Morgan fingerprint density at radius 2 is 2.00 bits per heavy atom. The van der Waals surface area contributed by atoms with E-state index in [-0.39, 0.29) is 18.2 Å². The van der Waals surface area contributed by atoms with Crippen molar-refractivity contribution in [1.82, 2.24) is 19.3 Å². The number of aromatic nitrogens is 4. The van der Waals surface area contributed by atoms with Crippen LogP contribution in [0.5, 0.6) is 0 Å². The van der Waals surface area contributed by atoms with Crippen LogP contribution < -0.4 is 10.2 Å². The largest absolute Gasteiger partial charge is 0.383 e. The molecule has 1 aliphatic heterocycles. The zero-order valence-electron chi connectivity index (χ0n) is 17.9. The van der Waals surface area contributed by atoms with Gasteiger partial charge in [0, 0.05) is 43.3 Å². The Kier molecular flexibility index (Phi) is 5.85. The summed E-state index contributed by atoms with van der Waals surface area (Å²) in [6.45, 7) is 5.47. The van der Waals surface area contributed by atoms with E-state index in [0.29, 0.717) is 31.1 Å². The number of aryl methyl sites for hydroxylation is 1. The van der Waals surface area contributed by atoms with Crippen molar-refractivity contribution in [3.8, 4) is 5.69 Å². The molecule has 1 unspecified atom stereocenters. The second kappa shape index (κ2) is 8.73. The summed E-state index contributed by atoms with van der Waals surface area (Å²) in [7, 11) is 1.63. The van der Waals surface area contributed by atoms with Gasteiger partial charge in [-0.05, 0) is 38.1 Å². The number of anilines is 2. The Morgan fingerprint density at radius 3 is 2.68 bits per heavy atom. The van der Waals surface area contributed by atoms with E-state index in [1.165, 1.54) is 0 Å². The van der Waals surface area contributed by atoms with Gasteiger partial charge in [0.15, 0.2) is 0 Å². The van der Waals surface area contributed by atoms with Gasteiger partial charge in [-0.1, -0.05) is 0 Å². The van der Waals surface area contributed by atoms with Crippen LogP contribution in [0, 0.1) is 19.8 Å². The fraction of sp³-hybridized carbons (Fsp3) is 0.364. The maximum absolute atomic E-state index is 12.8. The van der Waals surface area contributed by atoms with Crippen LogP contribution in [0.1, 0.15) is 17.8 Å². The summed E-state index contributed by atoms with van der Waals surface area (Å²) < 4.78 is 8.78. The van der Waals surface area contributed by atoms with E-state index in [1.54, 1.807) is 35.4 Å². The van der Waals surface area contributed by atoms with Crippen molar-refractivity contribution in [3.63, 3.8) is 0 Å². The predicted octanol–water partition coefficient (Wildman–Crippen LogP) is 2.32. The van der Waals surface area contributed by atoms with Crippen LogP contribution >= 0.6 is 0 Å². The Labute approximate surface area is 180 Å². The number of carbonyl (C=O) groups is 2. The fourth-order valence-corrected chi connectivity index (χ4v) is 3.64. The normalized spacial score (nSPS) is 16.2. The van der Waals surface area contributed by atoms with Gasteiger partial charge in [0.2, 0.25) is 11.8 Å². The second-order valence-corrected chi connectivity index (χ2v) is 7.68. The molecule has 31 heavy (non-hydrogen) atoms. The zero-order chi connectivity index (χ0) is 22.0. The number of nitrogens with zero attached hydrogens (tertiary/aromatic N) is 5. The van der Waals surface area contributed by atoms with Crippen molar-refractivity contribution in [2.45, 2.75) is 26.8 Å². The van der Waals surface area contributed by atoms with E-state index in [4.69, 9.17) is 4.74 Å². The average molecular weight is 422 g/mol. The third kappa shape index (κ3) is 4.36. The van der Waals surface area contributed by atoms with Crippen molar-refractivity contribution < 1.29 is 14.3 Å². The highest BCUT2D eigenvalue weighted by Crippen LogP contribution is 2.26. The van der Waals surface area contributed by atoms with E-state index in [1.807, 2.05) is 42.7 Å². The molecule has 0 aliphatic carbocycles. The van der Waals surface area contributed by atoms with Gasteiger partial charge in [0.1, 0.15) is 0 Å². The number of rotatable bonds is 7. The van der Waals surface area contributed by atoms with Crippen LogP contribution in [0.3, 0.4) is 0 Å². The van der Waals surface area contributed by atoms with Gasteiger partial charge in [0.25, 0.3) is 0 Å². The SMILES string of the molecule is COCCn1cc(N2CC(C(=O)Nc3ccc(-n4cnc(C)c4C)cc3)CC2=O)cn1. The summed E-state index contributed by atoms with van der Waals surface area (Å²) in [5, 5.41) is 7.17. The van der Waals surface area contributed by atoms with Crippen LogP contribution in [0.15, 0.2) is 43.0 Å². The first-order valence-electron chi connectivity index (χ1n) is 10.2. The molecule has 9 heteroatoms. The molecule has 162 valence electrons. The number of benzene rings is 1. The molecule has 3 heterocycles. The number of carbonyl (C=O) groups excluding carboxylic acids is 2. The van der Waals surface area contributed by atoms with Crippen LogP contribution in [0.2, 0.25) is 0 Å². The Bertz CT molecular complexity index is 1090. The summed E-state index contributed by atoms with van der Waals surface area (Å²) in [5.74, 6) is -0.647. The molecule has 0 saturated carbocycles. The molecule has 0 bridgehead atoms. The Balaban J connectivity index is 1.38. The molecule has 1 atom stereocenters. The van der Waals surface area contributed by atoms with Crippen molar-refractivity contribution in [2.75, 3.05) is 30.5 Å². The minimum absolute atomic E-state index is 0.0762. The first kappa shape index (κ1) is 20.8. The number of methoxy groups -OCH3 is 1. The van der Waals surface area contributed by atoms with Crippen LogP contribution in [-0.2, 0) is 20.9 Å². The number of nitrogens with one attached hydrogen (secondary N) is 1. The minimum Gasteiger partial charge on any atom is -0.383 e. The summed E-state index contributed by atoms with van der Waals surface area (Å²) in [4.78, 5) is 31.2. The third-order valence-electron chi connectivity index (χ3n) is 5.62. The minimum atomic E-state index is -0.409. The van der Waals surface area contributed by atoms with Gasteiger partial charge in [-0.15, -0.1) is 0 Å². The lowest BCUT2D eigenvalue weighted by Gasteiger charge is -2.14. The Hall–Kier alpha value is -3.46. The quantitative estimate of drug-likeness (QED) is 0.631. The second-order valence-electron chi connectivity index (χ2n) is 7.68. The number of amides is 2. The standard InChI is InChI=1S/C22H26N6O3/c1-15-16(2)28(14-23-15)19-6-4-18(5-7-19)25-22(30)17-10-21(29)27(12-17)20-11-24-26(13-20)8-9-31-3/h4-7,11,13-14,17H,8-10,12H2,1-3H3,(H,25,30). The zero-order valence-corrected chi connectivity index (χ0v) is 17.9. The van der Waals surface area contributed by atoms with Crippen molar-refractivity contribution in [3.05, 3.63) is 54.4 Å². The van der Waals surface area contributed by atoms with E-state index in [0.717, 1.165) is 17.1 Å². The summed E-state index contributed by atoms with van der Waals surface area (Å²) >= 11 is 0. The monoisotopic (exact) mass is 422 g/mol. The molecule has 4 rings (SSSR count). The molecular weight excluding hydrogens is 396 g/mol. The highest BCUT2D eigenvalue weighted by molar-refractivity contribution is 6.03. The van der Waals surface area contributed by atoms with Gasteiger partial charge in [-0.3, -0.25) is 14.3 Å². The molecule has 1 aromatic carbocycles. The molecule has 0 spiro atoms. The van der Waals surface area contributed by atoms with Crippen molar-refractivity contribution in [1.29, 1.82) is 0 Å². The summed E-state index contributed by atoms with van der Waals surface area (Å²) in [6, 6.07) is 7.58. The van der Waals surface area contributed by atoms with E-state index < -0.39 is 5.92 Å². The lowest BCUT2D eigenvalue weighted by atomic mass is 10.1. The molecule has 1 N–H and O–H groups in total. The number of hydrogen-bond donors (Lipinski definition) is 1. The summed E-state index contributed by atoms with van der Waals surface area (Å²) in [5.41, 5.74) is 4.43. The predicted molar refractivity (Wildman–Crippen MR) is 116 cm³/mol. The highest BCUT2D eigenvalue weighted by atomic mass is 16.5. The highest BCUT2D eigenvalue weighted by Gasteiger charge is 2.35. The molecule has 2 amide bonds. The van der Waals surface area contributed by atoms with E-state index >= 15 is 0 Å². The van der Waals surface area contributed by atoms with Crippen LogP contribution in [0.4, 0.5) is 11.4 Å². The molecule has 9 nitrogen and oxygen atoms in total. The third-order valence-corrected chi connectivity index (χ3v) is 5.62. The molecule has 1 fully saturated rings. The van der Waals surface area contributed by atoms with Crippen molar-refractivity contribution in [2.24, 2.45) is 5.92 Å². The lowest BCUT2D eigenvalue weighted by molar-refractivity contribution is -0.122. The van der Waals surface area contributed by atoms with Gasteiger partial charge < -0.3 is 19.5 Å². The van der Waals surface area contributed by atoms with Gasteiger partial charge in [-0.2, -0.15) is 5.10 Å². The maximum atomic E-state index is 12.8. The van der Waals surface area contributed by atoms with Crippen LogP contribution in [-0.4, -0.2) is 51.4 Å². The molecule has 1 aliphatic rings. The molecular formula is C22H26N6O3. The fourth-order valence-electron chi connectivity index (χ4n) is 3.64. The topological polar surface area (TPSA) is 94.3 Å². The first-order valence-corrected chi connectivity index (χ1v) is 10.2. The average Bonchev–Trinajstić information content (AvgIpc) is 3.47. The maximum Gasteiger partial charge on any atom is 0.229 e. The van der Waals surface area contributed by atoms with Gasteiger partial charge in [-0.25, -0.2) is 4.98 Å². The van der Waals surface area contributed by atoms with Gasteiger partial charge >= 0.3 is 0 Å². The molecule has 1 saturated heterocycles. The molecule has 2 aromatic heterocycles. The van der Waals surface area contributed by atoms with Crippen LogP contribution in [0.25, 0.3) is 5.69 Å².